The second-order valence-electron chi connectivity index (χ2n) is 5.15. The minimum atomic E-state index is -0.00847. The minimum Gasteiger partial charge on any atom is -0.279 e. The van der Waals surface area contributed by atoms with Gasteiger partial charge in [0.2, 0.25) is 0 Å². The van der Waals surface area contributed by atoms with Crippen LogP contribution in [0.2, 0.25) is 0 Å². The van der Waals surface area contributed by atoms with Gasteiger partial charge in [0, 0.05) is 20.0 Å². The van der Waals surface area contributed by atoms with Gasteiger partial charge in [-0.2, -0.15) is 10.2 Å². The molecule has 1 aliphatic rings. The zero-order chi connectivity index (χ0) is 14.3. The van der Waals surface area contributed by atoms with Gasteiger partial charge in [0.15, 0.2) is 0 Å². The Hall–Kier alpha value is -1.37. The van der Waals surface area contributed by atoms with Crippen molar-refractivity contribution in [1.82, 2.24) is 24.1 Å². The maximum absolute atomic E-state index is 12.3. The lowest BCUT2D eigenvalue weighted by atomic mass is 10.2. The molecular formula is C13H18BrN5O. The van der Waals surface area contributed by atoms with E-state index in [0.29, 0.717) is 6.54 Å². The summed E-state index contributed by atoms with van der Waals surface area (Å²) in [5.41, 5.74) is 1.99. The van der Waals surface area contributed by atoms with Crippen LogP contribution in [0.4, 0.5) is 0 Å². The first-order valence-corrected chi connectivity index (χ1v) is 7.78. The van der Waals surface area contributed by atoms with Gasteiger partial charge in [-0.1, -0.05) is 6.92 Å². The van der Waals surface area contributed by atoms with Crippen LogP contribution in [0.5, 0.6) is 0 Å². The van der Waals surface area contributed by atoms with Crippen molar-refractivity contribution in [1.29, 1.82) is 0 Å². The Labute approximate surface area is 125 Å². The van der Waals surface area contributed by atoms with Crippen LogP contribution in [0.3, 0.4) is 0 Å². The van der Waals surface area contributed by atoms with Crippen LogP contribution in [0.15, 0.2) is 9.27 Å². The molecule has 0 amide bonds. The van der Waals surface area contributed by atoms with Crippen molar-refractivity contribution in [3.63, 3.8) is 0 Å². The van der Waals surface area contributed by atoms with Crippen LogP contribution in [-0.4, -0.2) is 24.1 Å². The molecule has 0 aromatic carbocycles. The summed E-state index contributed by atoms with van der Waals surface area (Å²) in [4.78, 5) is 12.3. The van der Waals surface area contributed by atoms with E-state index < -0.39 is 0 Å². The second-order valence-corrected chi connectivity index (χ2v) is 5.94. The summed E-state index contributed by atoms with van der Waals surface area (Å²) in [6.45, 7) is 3.32. The number of fused-ring (bicyclic) bond motifs is 1. The number of rotatable bonds is 3. The van der Waals surface area contributed by atoms with Gasteiger partial charge in [0.25, 0.3) is 0 Å². The largest absolute Gasteiger partial charge is 0.346 e. The van der Waals surface area contributed by atoms with Crippen LogP contribution in [0, 0.1) is 0 Å². The zero-order valence-electron chi connectivity index (χ0n) is 11.8. The van der Waals surface area contributed by atoms with Crippen molar-refractivity contribution < 1.29 is 0 Å². The molecule has 20 heavy (non-hydrogen) atoms. The highest BCUT2D eigenvalue weighted by Crippen LogP contribution is 2.22. The molecule has 0 aliphatic carbocycles. The number of halogens is 1. The van der Waals surface area contributed by atoms with E-state index in [4.69, 9.17) is 0 Å². The number of aromatic nitrogens is 5. The standard InChI is InChI=1S/C13H18BrN5O/c1-3-9-12(14)10(17(2)15-9)8-19-13(20)18-7-5-4-6-11(18)16-19/h3-8H2,1-2H3. The summed E-state index contributed by atoms with van der Waals surface area (Å²) in [7, 11) is 1.90. The lowest BCUT2D eigenvalue weighted by molar-refractivity contribution is 0.511. The number of hydrogen-bond acceptors (Lipinski definition) is 3. The first-order chi connectivity index (χ1) is 9.61. The van der Waals surface area contributed by atoms with Crippen LogP contribution >= 0.6 is 15.9 Å². The SMILES string of the molecule is CCc1nn(C)c(Cn2nc3n(c2=O)CCCC3)c1Br. The Balaban J connectivity index is 1.98. The van der Waals surface area contributed by atoms with Gasteiger partial charge >= 0.3 is 5.69 Å². The fourth-order valence-electron chi connectivity index (χ4n) is 2.68. The van der Waals surface area contributed by atoms with Gasteiger partial charge < -0.3 is 0 Å². The van der Waals surface area contributed by atoms with Gasteiger partial charge in [0.05, 0.1) is 22.4 Å². The fourth-order valence-corrected chi connectivity index (χ4v) is 3.43. The van der Waals surface area contributed by atoms with Crippen LogP contribution in [0.1, 0.15) is 37.0 Å². The minimum absolute atomic E-state index is 0.00847. The van der Waals surface area contributed by atoms with Crippen molar-refractivity contribution in [2.45, 2.75) is 45.7 Å². The molecule has 0 unspecified atom stereocenters. The van der Waals surface area contributed by atoms with Gasteiger partial charge in [-0.05, 0) is 35.2 Å². The van der Waals surface area contributed by atoms with E-state index in [1.54, 1.807) is 9.25 Å². The molecule has 2 aromatic heterocycles. The third-order valence-corrected chi connectivity index (χ3v) is 4.75. The van der Waals surface area contributed by atoms with Crippen LogP contribution in [-0.2, 0) is 33.0 Å². The summed E-state index contributed by atoms with van der Waals surface area (Å²) in [5.74, 6) is 0.912. The molecule has 3 heterocycles. The number of nitrogens with zero attached hydrogens (tertiary/aromatic N) is 5. The predicted molar refractivity (Wildman–Crippen MR) is 78.8 cm³/mol. The quantitative estimate of drug-likeness (QED) is 0.851. The Morgan fingerprint density at radius 1 is 1.30 bits per heavy atom. The van der Waals surface area contributed by atoms with E-state index in [-0.39, 0.29) is 5.69 Å². The highest BCUT2D eigenvalue weighted by molar-refractivity contribution is 9.10. The third kappa shape index (κ3) is 2.13. The topological polar surface area (TPSA) is 57.6 Å². The summed E-state index contributed by atoms with van der Waals surface area (Å²) < 4.78 is 6.17. The normalized spacial score (nSPS) is 14.6. The Kier molecular flexibility index (Phi) is 3.54. The molecule has 6 nitrogen and oxygen atoms in total. The van der Waals surface area contributed by atoms with Crippen molar-refractivity contribution >= 4 is 15.9 Å². The highest BCUT2D eigenvalue weighted by atomic mass is 79.9. The summed E-state index contributed by atoms with van der Waals surface area (Å²) >= 11 is 3.58. The first-order valence-electron chi connectivity index (χ1n) is 6.98. The van der Waals surface area contributed by atoms with Crippen LogP contribution in [0.25, 0.3) is 0 Å². The molecule has 0 atom stereocenters. The summed E-state index contributed by atoms with van der Waals surface area (Å²) in [6, 6.07) is 0. The van der Waals surface area contributed by atoms with Crippen molar-refractivity contribution in [3.8, 4) is 0 Å². The average Bonchev–Trinajstić information content (AvgIpc) is 2.91. The van der Waals surface area contributed by atoms with Crippen molar-refractivity contribution in [3.05, 3.63) is 32.2 Å². The number of hydrogen-bond donors (Lipinski definition) is 0. The third-order valence-electron chi connectivity index (χ3n) is 3.83. The molecule has 0 N–H and O–H groups in total. The zero-order valence-corrected chi connectivity index (χ0v) is 13.4. The first kappa shape index (κ1) is 13.6. The van der Waals surface area contributed by atoms with E-state index in [2.05, 4.69) is 33.1 Å². The Morgan fingerprint density at radius 2 is 2.10 bits per heavy atom. The lowest BCUT2D eigenvalue weighted by Gasteiger charge is -2.09. The molecular weight excluding hydrogens is 322 g/mol. The summed E-state index contributed by atoms with van der Waals surface area (Å²) in [5, 5.41) is 8.92. The monoisotopic (exact) mass is 339 g/mol. The van der Waals surface area contributed by atoms with Gasteiger partial charge in [-0.25, -0.2) is 9.48 Å². The number of aryl methyl sites for hydroxylation is 3. The lowest BCUT2D eigenvalue weighted by Crippen LogP contribution is -2.27. The maximum Gasteiger partial charge on any atom is 0.346 e. The molecule has 0 bridgehead atoms. The van der Waals surface area contributed by atoms with E-state index in [0.717, 1.165) is 53.9 Å². The van der Waals surface area contributed by atoms with Crippen molar-refractivity contribution in [2.75, 3.05) is 0 Å². The van der Waals surface area contributed by atoms with E-state index >= 15 is 0 Å². The van der Waals surface area contributed by atoms with Crippen LogP contribution < -0.4 is 5.69 Å². The maximum atomic E-state index is 12.3. The Bertz CT molecular complexity index is 696. The van der Waals surface area contributed by atoms with Gasteiger partial charge in [-0.3, -0.25) is 9.25 Å². The molecule has 0 saturated carbocycles. The molecule has 0 fully saturated rings. The van der Waals surface area contributed by atoms with Crippen molar-refractivity contribution in [2.24, 2.45) is 7.05 Å². The average molecular weight is 340 g/mol. The van der Waals surface area contributed by atoms with E-state index in [1.165, 1.54) is 0 Å². The molecule has 108 valence electrons. The molecule has 0 radical (unpaired) electrons. The van der Waals surface area contributed by atoms with Gasteiger partial charge in [-0.15, -0.1) is 0 Å². The molecule has 0 spiro atoms. The van der Waals surface area contributed by atoms with E-state index in [9.17, 15) is 4.79 Å². The second kappa shape index (κ2) is 5.20. The highest BCUT2D eigenvalue weighted by Gasteiger charge is 2.19. The molecule has 2 aromatic rings. The molecule has 7 heteroatoms. The molecule has 3 rings (SSSR count). The molecule has 0 saturated heterocycles. The smallest absolute Gasteiger partial charge is 0.279 e. The summed E-state index contributed by atoms with van der Waals surface area (Å²) in [6.07, 6.45) is 3.94. The fraction of sp³-hybridized carbons (Fsp3) is 0.615. The Morgan fingerprint density at radius 3 is 2.75 bits per heavy atom. The van der Waals surface area contributed by atoms with E-state index in [1.807, 2.05) is 11.7 Å². The molecule has 1 aliphatic heterocycles. The predicted octanol–water partition coefficient (Wildman–Crippen LogP) is 1.49. The van der Waals surface area contributed by atoms with Gasteiger partial charge in [0.1, 0.15) is 5.82 Å².